The lowest BCUT2D eigenvalue weighted by atomic mass is 9.88. The molecule has 6 atom stereocenters. The summed E-state index contributed by atoms with van der Waals surface area (Å²) in [6.45, 7) is 1.72. The van der Waals surface area contributed by atoms with Crippen molar-refractivity contribution in [1.82, 2.24) is 41.1 Å². The molecule has 4 fully saturated rings. The lowest BCUT2D eigenvalue weighted by Crippen LogP contribution is -2.54. The number of rotatable bonds is 17. The Kier molecular flexibility index (Phi) is 14.6. The highest BCUT2D eigenvalue weighted by Gasteiger charge is 2.46. The minimum absolute atomic E-state index is 0.0102. The number of ether oxygens (including phenoxy) is 2. The lowest BCUT2D eigenvalue weighted by molar-refractivity contribution is -0.136. The number of fused-ring (bicyclic) bond motifs is 1. The molecule has 0 aliphatic carbocycles. The molecular formula is C41H52N8O11S2. The van der Waals surface area contributed by atoms with Crippen LogP contribution >= 0.6 is 11.8 Å². The fourth-order valence-corrected chi connectivity index (χ4v) is 10.4. The Labute approximate surface area is 363 Å². The summed E-state index contributed by atoms with van der Waals surface area (Å²) in [5.74, 6) is -2.56. The number of thioether (sulfide) groups is 1. The second kappa shape index (κ2) is 20.1. The van der Waals surface area contributed by atoms with Crippen molar-refractivity contribution >= 4 is 63.1 Å². The number of hydrogen-bond donors (Lipinski definition) is 6. The van der Waals surface area contributed by atoms with E-state index in [4.69, 9.17) is 9.47 Å². The van der Waals surface area contributed by atoms with Gasteiger partial charge < -0.3 is 25.4 Å². The van der Waals surface area contributed by atoms with Crippen molar-refractivity contribution in [2.24, 2.45) is 5.92 Å². The molecule has 21 heteroatoms. The number of benzene rings is 2. The summed E-state index contributed by atoms with van der Waals surface area (Å²) in [6, 6.07) is 12.0. The minimum Gasteiger partial charge on any atom is -0.493 e. The van der Waals surface area contributed by atoms with Crippen LogP contribution in [0.3, 0.4) is 0 Å². The molecule has 5 aliphatic heterocycles. The molecule has 0 bridgehead atoms. The molecule has 0 saturated carbocycles. The van der Waals surface area contributed by atoms with Gasteiger partial charge in [0, 0.05) is 44.3 Å². The van der Waals surface area contributed by atoms with Gasteiger partial charge in [-0.2, -0.15) is 0 Å². The molecule has 7 amide bonds. The van der Waals surface area contributed by atoms with Gasteiger partial charge in [-0.25, -0.2) is 12.7 Å². The maximum Gasteiger partial charge on any atom is 0.266 e. The van der Waals surface area contributed by atoms with Crippen LogP contribution in [-0.4, -0.2) is 135 Å². The fourth-order valence-electron chi connectivity index (χ4n) is 8.34. The van der Waals surface area contributed by atoms with E-state index in [1.54, 1.807) is 23.9 Å². The first kappa shape index (κ1) is 45.1. The highest BCUT2D eigenvalue weighted by Crippen LogP contribution is 2.35. The number of nitrogens with one attached hydrogen (secondary N) is 6. The van der Waals surface area contributed by atoms with Gasteiger partial charge in [-0.1, -0.05) is 30.3 Å². The highest BCUT2D eigenvalue weighted by molar-refractivity contribution is 8.00. The predicted octanol–water partition coefficient (Wildman–Crippen LogP) is 0.0479. The van der Waals surface area contributed by atoms with Gasteiger partial charge in [-0.05, 0) is 67.8 Å². The molecule has 6 N–H and O–H groups in total. The van der Waals surface area contributed by atoms with Gasteiger partial charge in [-0.3, -0.25) is 54.4 Å². The average Bonchev–Trinajstić information content (AvgIpc) is 4.00. The molecule has 0 aromatic heterocycles. The summed E-state index contributed by atoms with van der Waals surface area (Å²) in [5, 5.41) is 17.5. The van der Waals surface area contributed by atoms with Crippen molar-refractivity contribution in [3.63, 3.8) is 0 Å². The van der Waals surface area contributed by atoms with E-state index >= 15 is 0 Å². The van der Waals surface area contributed by atoms with Crippen molar-refractivity contribution in [2.45, 2.75) is 74.7 Å². The first-order chi connectivity index (χ1) is 29.7. The Hall–Kier alpha value is -4.93. The number of hydrogen-bond acceptors (Lipinski definition) is 14. The van der Waals surface area contributed by atoms with Crippen LogP contribution in [0.1, 0.15) is 88.7 Å². The van der Waals surface area contributed by atoms with E-state index in [0.717, 1.165) is 41.9 Å². The number of carbonyl (C=O) groups excluding carboxylic acids is 7. The van der Waals surface area contributed by atoms with E-state index in [9.17, 15) is 42.0 Å². The summed E-state index contributed by atoms with van der Waals surface area (Å²) in [5.41, 5.74) is 2.15. The number of carbonyl (C=O) groups is 7. The predicted molar refractivity (Wildman–Crippen MR) is 225 cm³/mol. The molecule has 0 radical (unpaired) electrons. The first-order valence-electron chi connectivity index (χ1n) is 20.8. The summed E-state index contributed by atoms with van der Waals surface area (Å²) >= 11 is 1.57. The lowest BCUT2D eigenvalue weighted by Gasteiger charge is -2.31. The van der Waals surface area contributed by atoms with Crippen LogP contribution in [0.5, 0.6) is 5.75 Å². The number of piperidine rings is 2. The monoisotopic (exact) mass is 896 g/mol. The summed E-state index contributed by atoms with van der Waals surface area (Å²) in [7, 11) is -3.36. The molecule has 6 unspecified atom stereocenters. The van der Waals surface area contributed by atoms with Gasteiger partial charge in [0.1, 0.15) is 23.5 Å². The van der Waals surface area contributed by atoms with E-state index in [2.05, 4.69) is 50.1 Å². The molecule has 5 heterocycles. The zero-order valence-corrected chi connectivity index (χ0v) is 35.9. The highest BCUT2D eigenvalue weighted by atomic mass is 32.2. The number of amides is 7. The van der Waals surface area contributed by atoms with Gasteiger partial charge in [0.05, 0.1) is 43.1 Å². The normalized spacial score (nSPS) is 25.3. The van der Waals surface area contributed by atoms with Crippen molar-refractivity contribution in [2.75, 3.05) is 57.9 Å². The SMILES string of the molecule is CS(=O)(=O)N1CCC(C(=O)NCC(=O)NC2NC(c3cccc(C4CCNC(OCCNC(=O)CCCOc5cccc6c5C(=O)N(C5CCC(=O)NC5=O)C6=O)C4)c3)CS2)C1. The smallest absolute Gasteiger partial charge is 0.266 e. The van der Waals surface area contributed by atoms with Crippen LogP contribution in [0.25, 0.3) is 0 Å². The molecule has 334 valence electrons. The third-order valence-corrected chi connectivity index (χ3v) is 14.0. The molecule has 5 aliphatic rings. The maximum atomic E-state index is 13.3. The summed E-state index contributed by atoms with van der Waals surface area (Å²) in [6.07, 6.45) is 3.62. The molecule has 2 aromatic carbocycles. The van der Waals surface area contributed by atoms with Crippen LogP contribution in [0.15, 0.2) is 42.5 Å². The van der Waals surface area contributed by atoms with Crippen molar-refractivity contribution < 1.29 is 51.5 Å². The topological polar surface area (TPSA) is 251 Å². The second-order valence-corrected chi connectivity index (χ2v) is 19.1. The molecular weight excluding hydrogens is 845 g/mol. The van der Waals surface area contributed by atoms with Crippen LogP contribution in [0, 0.1) is 5.92 Å². The Balaban J connectivity index is 0.781. The second-order valence-electron chi connectivity index (χ2n) is 16.0. The molecule has 2 aromatic rings. The Morgan fingerprint density at radius 1 is 0.952 bits per heavy atom. The van der Waals surface area contributed by atoms with Crippen molar-refractivity contribution in [1.29, 1.82) is 0 Å². The van der Waals surface area contributed by atoms with Gasteiger partial charge in [0.15, 0.2) is 0 Å². The molecule has 62 heavy (non-hydrogen) atoms. The Bertz CT molecular complexity index is 2190. The van der Waals surface area contributed by atoms with Gasteiger partial charge >= 0.3 is 0 Å². The zero-order chi connectivity index (χ0) is 44.0. The van der Waals surface area contributed by atoms with E-state index in [1.165, 1.54) is 15.9 Å². The fraction of sp³-hybridized carbons (Fsp3) is 0.537. The third-order valence-electron chi connectivity index (χ3n) is 11.6. The number of imide groups is 2. The molecule has 4 saturated heterocycles. The van der Waals surface area contributed by atoms with Crippen LogP contribution in [-0.2, 0) is 38.7 Å². The Morgan fingerprint density at radius 2 is 1.76 bits per heavy atom. The molecule has 19 nitrogen and oxygen atoms in total. The number of sulfonamides is 1. The molecule has 0 spiro atoms. The Morgan fingerprint density at radius 3 is 2.55 bits per heavy atom. The van der Waals surface area contributed by atoms with E-state index in [1.807, 2.05) is 6.07 Å². The summed E-state index contributed by atoms with van der Waals surface area (Å²) in [4.78, 5) is 89.0. The van der Waals surface area contributed by atoms with E-state index in [-0.39, 0.29) is 97.2 Å². The van der Waals surface area contributed by atoms with E-state index in [0.29, 0.717) is 32.5 Å². The maximum absolute atomic E-state index is 13.3. The quantitative estimate of drug-likeness (QED) is 0.0908. The van der Waals surface area contributed by atoms with Crippen molar-refractivity contribution in [3.8, 4) is 5.75 Å². The minimum atomic E-state index is -3.36. The molecule has 7 rings (SSSR count). The van der Waals surface area contributed by atoms with Gasteiger partial charge in [0.2, 0.25) is 39.6 Å². The van der Waals surface area contributed by atoms with Gasteiger partial charge in [0.25, 0.3) is 11.8 Å². The third kappa shape index (κ3) is 11.0. The van der Waals surface area contributed by atoms with Crippen LogP contribution < -0.4 is 36.6 Å². The standard InChI is InChI=1S/C41H52N8O11S2/c1-62(57,58)48-16-13-27(22-48)37(53)44-21-34(52)47-41-45-29(23-61-41)26-6-2-5-24(19-26)25-12-14-43-35(20-25)60-18-15-42-32(50)9-4-17-59-31-8-3-7-28-36(31)40(56)49(39(28)55)30-10-11-33(51)46-38(30)54/h2-3,5-8,19,25,27,29-30,35,41,43,45H,4,9-18,20-23H2,1H3,(H,42,50)(H,44,53)(H,47,52)(H,46,51,54). The zero-order valence-electron chi connectivity index (χ0n) is 34.3. The summed E-state index contributed by atoms with van der Waals surface area (Å²) < 4.78 is 36.7. The van der Waals surface area contributed by atoms with Crippen LogP contribution in [0.2, 0.25) is 0 Å². The number of nitrogens with zero attached hydrogens (tertiary/aromatic N) is 2. The average molecular weight is 897 g/mol. The van der Waals surface area contributed by atoms with Crippen molar-refractivity contribution in [3.05, 3.63) is 64.7 Å². The van der Waals surface area contributed by atoms with E-state index < -0.39 is 45.6 Å². The van der Waals surface area contributed by atoms with Gasteiger partial charge in [-0.15, -0.1) is 11.8 Å². The first-order valence-corrected chi connectivity index (χ1v) is 23.7. The largest absolute Gasteiger partial charge is 0.493 e. The van der Waals surface area contributed by atoms with Crippen LogP contribution in [0.4, 0.5) is 0 Å².